The lowest BCUT2D eigenvalue weighted by Gasteiger charge is -2.41. The Balaban J connectivity index is 1.40. The molecule has 2 heterocycles. The smallest absolute Gasteiger partial charge is 0.220 e. The van der Waals surface area contributed by atoms with E-state index < -0.39 is 0 Å². The number of amides is 1. The zero-order valence-corrected chi connectivity index (χ0v) is 16.1. The Morgan fingerprint density at radius 2 is 1.68 bits per heavy atom. The molecule has 5 nitrogen and oxygen atoms in total. The summed E-state index contributed by atoms with van der Waals surface area (Å²) < 4.78 is 0. The summed E-state index contributed by atoms with van der Waals surface area (Å²) in [6.45, 7) is 5.39. The lowest BCUT2D eigenvalue weighted by molar-refractivity contribution is -0.125. The van der Waals surface area contributed by atoms with Gasteiger partial charge in [0.05, 0.1) is 0 Å². The second-order valence-corrected chi connectivity index (χ2v) is 8.85. The Morgan fingerprint density at radius 3 is 2.28 bits per heavy atom. The molecule has 0 unspecified atom stereocenters. The van der Waals surface area contributed by atoms with Crippen LogP contribution in [-0.2, 0) is 4.79 Å². The molecule has 0 spiro atoms. The van der Waals surface area contributed by atoms with Gasteiger partial charge in [0.15, 0.2) is 0 Å². The van der Waals surface area contributed by atoms with Gasteiger partial charge in [-0.3, -0.25) is 4.79 Å². The molecule has 25 heavy (non-hydrogen) atoms. The summed E-state index contributed by atoms with van der Waals surface area (Å²) in [5, 5.41) is 3.33. The third-order valence-corrected chi connectivity index (χ3v) is 6.98. The van der Waals surface area contributed by atoms with E-state index in [4.69, 9.17) is 5.73 Å². The first kappa shape index (κ1) is 19.1. The van der Waals surface area contributed by atoms with E-state index in [9.17, 15) is 4.79 Å². The zero-order chi connectivity index (χ0) is 17.7. The van der Waals surface area contributed by atoms with E-state index in [1.54, 1.807) is 0 Å². The van der Waals surface area contributed by atoms with E-state index in [0.29, 0.717) is 19.0 Å². The molecule has 2 aliphatic heterocycles. The monoisotopic (exact) mass is 350 g/mol. The van der Waals surface area contributed by atoms with Crippen LogP contribution in [0.25, 0.3) is 0 Å². The predicted molar refractivity (Wildman–Crippen MR) is 102 cm³/mol. The van der Waals surface area contributed by atoms with Gasteiger partial charge >= 0.3 is 0 Å². The molecule has 0 atom stereocenters. The summed E-state index contributed by atoms with van der Waals surface area (Å²) >= 11 is 0. The van der Waals surface area contributed by atoms with E-state index in [2.05, 4.69) is 22.2 Å². The van der Waals surface area contributed by atoms with Gasteiger partial charge in [-0.2, -0.15) is 0 Å². The van der Waals surface area contributed by atoms with Crippen molar-refractivity contribution in [2.24, 2.45) is 11.1 Å². The second kappa shape index (κ2) is 8.83. The Bertz CT molecular complexity index is 419. The van der Waals surface area contributed by atoms with Gasteiger partial charge < -0.3 is 20.9 Å². The van der Waals surface area contributed by atoms with E-state index in [-0.39, 0.29) is 11.3 Å². The summed E-state index contributed by atoms with van der Waals surface area (Å²) in [6.07, 6.45) is 11.5. The van der Waals surface area contributed by atoms with Crippen LogP contribution in [0, 0.1) is 5.41 Å². The van der Waals surface area contributed by atoms with E-state index in [1.807, 2.05) is 0 Å². The third kappa shape index (κ3) is 5.18. The molecule has 3 rings (SSSR count). The van der Waals surface area contributed by atoms with Crippen molar-refractivity contribution in [1.82, 2.24) is 15.1 Å². The van der Waals surface area contributed by atoms with Crippen LogP contribution >= 0.6 is 0 Å². The number of rotatable bonds is 5. The van der Waals surface area contributed by atoms with Crippen LogP contribution in [0.1, 0.15) is 64.2 Å². The van der Waals surface area contributed by atoms with Gasteiger partial charge in [0.2, 0.25) is 5.91 Å². The maximum Gasteiger partial charge on any atom is 0.220 e. The molecule has 144 valence electrons. The van der Waals surface area contributed by atoms with E-state index >= 15 is 0 Å². The molecule has 3 N–H and O–H groups in total. The van der Waals surface area contributed by atoms with Crippen molar-refractivity contribution in [3.05, 3.63) is 0 Å². The minimum Gasteiger partial charge on any atom is -0.353 e. The van der Waals surface area contributed by atoms with E-state index in [1.165, 1.54) is 45.2 Å². The largest absolute Gasteiger partial charge is 0.353 e. The average Bonchev–Trinajstić information content (AvgIpc) is 2.64. The SMILES string of the molecule is CN1CCC(N2CCC(NC(=O)CC3(CN)CCCCC3)CC2)CC1. The van der Waals surface area contributed by atoms with Gasteiger partial charge in [0, 0.05) is 31.6 Å². The van der Waals surface area contributed by atoms with Gasteiger partial charge in [-0.1, -0.05) is 19.3 Å². The van der Waals surface area contributed by atoms with Crippen LogP contribution in [-0.4, -0.2) is 67.6 Å². The van der Waals surface area contributed by atoms with E-state index in [0.717, 1.165) is 44.8 Å². The third-order valence-electron chi connectivity index (χ3n) is 6.98. The maximum absolute atomic E-state index is 12.6. The first-order valence-corrected chi connectivity index (χ1v) is 10.5. The number of likely N-dealkylation sites (tertiary alicyclic amines) is 2. The van der Waals surface area contributed by atoms with Gasteiger partial charge in [0.25, 0.3) is 0 Å². The number of hydrogen-bond acceptors (Lipinski definition) is 4. The molecule has 1 saturated carbocycles. The highest BCUT2D eigenvalue weighted by molar-refractivity contribution is 5.77. The molecular formula is C20H38N4O. The first-order valence-electron chi connectivity index (χ1n) is 10.5. The predicted octanol–water partition coefficient (Wildman–Crippen LogP) is 1.96. The zero-order valence-electron chi connectivity index (χ0n) is 16.1. The number of nitrogens with one attached hydrogen (secondary N) is 1. The lowest BCUT2D eigenvalue weighted by Crippen LogP contribution is -2.51. The van der Waals surface area contributed by atoms with Gasteiger partial charge in [-0.05, 0) is 70.6 Å². The summed E-state index contributed by atoms with van der Waals surface area (Å²) in [7, 11) is 2.22. The van der Waals surface area contributed by atoms with Crippen LogP contribution in [0.3, 0.4) is 0 Å². The molecule has 1 amide bonds. The van der Waals surface area contributed by atoms with Crippen molar-refractivity contribution in [3.63, 3.8) is 0 Å². The highest BCUT2D eigenvalue weighted by atomic mass is 16.1. The number of piperidine rings is 2. The molecule has 5 heteroatoms. The number of nitrogens with zero attached hydrogens (tertiary/aromatic N) is 2. The van der Waals surface area contributed by atoms with Crippen LogP contribution in [0.2, 0.25) is 0 Å². The topological polar surface area (TPSA) is 61.6 Å². The van der Waals surface area contributed by atoms with Crippen LogP contribution in [0.15, 0.2) is 0 Å². The Morgan fingerprint density at radius 1 is 1.04 bits per heavy atom. The fourth-order valence-electron chi connectivity index (χ4n) is 5.14. The van der Waals surface area contributed by atoms with Gasteiger partial charge in [-0.15, -0.1) is 0 Å². The summed E-state index contributed by atoms with van der Waals surface area (Å²) in [5.74, 6) is 0.241. The minimum absolute atomic E-state index is 0.0805. The lowest BCUT2D eigenvalue weighted by atomic mass is 9.71. The molecule has 0 aromatic rings. The number of hydrogen-bond donors (Lipinski definition) is 2. The number of carbonyl (C=O) groups excluding carboxylic acids is 1. The van der Waals surface area contributed by atoms with Crippen molar-refractivity contribution in [2.45, 2.75) is 76.3 Å². The Hall–Kier alpha value is -0.650. The van der Waals surface area contributed by atoms with Gasteiger partial charge in [0.1, 0.15) is 0 Å². The highest BCUT2D eigenvalue weighted by Gasteiger charge is 2.34. The van der Waals surface area contributed by atoms with Crippen LogP contribution < -0.4 is 11.1 Å². The molecule has 3 fully saturated rings. The Kier molecular flexibility index (Phi) is 6.75. The average molecular weight is 351 g/mol. The molecule has 0 aromatic carbocycles. The fraction of sp³-hybridized carbons (Fsp3) is 0.950. The van der Waals surface area contributed by atoms with Crippen molar-refractivity contribution in [2.75, 3.05) is 39.8 Å². The number of carbonyl (C=O) groups is 1. The summed E-state index contributed by atoms with van der Waals surface area (Å²) in [5.41, 5.74) is 6.12. The second-order valence-electron chi connectivity index (χ2n) is 8.85. The molecule has 0 aromatic heterocycles. The van der Waals surface area contributed by atoms with Gasteiger partial charge in [-0.25, -0.2) is 0 Å². The van der Waals surface area contributed by atoms with Crippen LogP contribution in [0.5, 0.6) is 0 Å². The normalized spacial score (nSPS) is 27.3. The minimum atomic E-state index is 0.0805. The van der Waals surface area contributed by atoms with Crippen molar-refractivity contribution < 1.29 is 4.79 Å². The molecule has 3 aliphatic rings. The van der Waals surface area contributed by atoms with Crippen molar-refractivity contribution in [1.29, 1.82) is 0 Å². The molecule has 0 radical (unpaired) electrons. The first-order chi connectivity index (χ1) is 12.1. The molecular weight excluding hydrogens is 312 g/mol. The maximum atomic E-state index is 12.6. The standard InChI is InChI=1S/C20H38N4O/c1-23-11-7-18(8-12-23)24-13-5-17(6-14-24)22-19(25)15-20(16-21)9-3-2-4-10-20/h17-18H,2-16,21H2,1H3,(H,22,25). The van der Waals surface area contributed by atoms with Crippen LogP contribution in [0.4, 0.5) is 0 Å². The summed E-state index contributed by atoms with van der Waals surface area (Å²) in [6, 6.07) is 1.13. The fourth-order valence-corrected chi connectivity index (χ4v) is 5.14. The molecule has 2 saturated heterocycles. The highest BCUT2D eigenvalue weighted by Crippen LogP contribution is 2.38. The Labute approximate surface area is 153 Å². The number of nitrogens with two attached hydrogens (primary N) is 1. The molecule has 0 bridgehead atoms. The quantitative estimate of drug-likeness (QED) is 0.796. The summed E-state index contributed by atoms with van der Waals surface area (Å²) in [4.78, 5) is 17.7. The molecule has 1 aliphatic carbocycles. The van der Waals surface area contributed by atoms with Crippen molar-refractivity contribution in [3.8, 4) is 0 Å². The van der Waals surface area contributed by atoms with Crippen molar-refractivity contribution >= 4 is 5.91 Å².